The third kappa shape index (κ3) is 3.63. The number of carbonyl (C=O) groups is 1. The summed E-state index contributed by atoms with van der Waals surface area (Å²) in [5.74, 6) is -0.252. The monoisotopic (exact) mass is 343 g/mol. The first-order valence-corrected chi connectivity index (χ1v) is 7.75. The number of nitrogens with zero attached hydrogens (tertiary/aromatic N) is 2. The summed E-state index contributed by atoms with van der Waals surface area (Å²) in [4.78, 5) is 12.3. The maximum absolute atomic E-state index is 12.9. The van der Waals surface area contributed by atoms with Gasteiger partial charge >= 0.3 is 0 Å². The molecule has 122 valence electrons. The summed E-state index contributed by atoms with van der Waals surface area (Å²) in [5.41, 5.74) is 2.32. The second kappa shape index (κ2) is 6.84. The Labute approximate surface area is 143 Å². The smallest absolute Gasteiger partial charge is 0.257 e. The lowest BCUT2D eigenvalue weighted by Gasteiger charge is -2.05. The van der Waals surface area contributed by atoms with E-state index in [1.54, 1.807) is 35.1 Å². The molecule has 0 aliphatic carbocycles. The van der Waals surface area contributed by atoms with Gasteiger partial charge in [0.2, 0.25) is 0 Å². The number of halogens is 2. The summed E-state index contributed by atoms with van der Waals surface area (Å²) in [6, 6.07) is 13.4. The fourth-order valence-electron chi connectivity index (χ4n) is 2.34. The van der Waals surface area contributed by atoms with Crippen LogP contribution in [-0.2, 0) is 6.54 Å². The lowest BCUT2D eigenvalue weighted by atomic mass is 10.1. The molecule has 1 N–H and O–H groups in total. The molecule has 1 amide bonds. The molecule has 2 aromatic carbocycles. The molecule has 24 heavy (non-hydrogen) atoms. The van der Waals surface area contributed by atoms with E-state index in [0.717, 1.165) is 11.1 Å². The highest BCUT2D eigenvalue weighted by Gasteiger charge is 2.13. The van der Waals surface area contributed by atoms with Crippen molar-refractivity contribution in [3.8, 4) is 0 Å². The Bertz CT molecular complexity index is 874. The van der Waals surface area contributed by atoms with Crippen molar-refractivity contribution >= 4 is 23.3 Å². The van der Waals surface area contributed by atoms with Crippen LogP contribution in [0.4, 0.5) is 10.2 Å². The number of carbonyl (C=O) groups excluding carboxylic acids is 1. The van der Waals surface area contributed by atoms with Crippen LogP contribution < -0.4 is 5.32 Å². The second-order valence-corrected chi connectivity index (χ2v) is 5.83. The zero-order chi connectivity index (χ0) is 17.1. The molecular weight excluding hydrogens is 329 g/mol. The fourth-order valence-corrected chi connectivity index (χ4v) is 2.54. The summed E-state index contributed by atoms with van der Waals surface area (Å²) in [6.07, 6.45) is 1.62. The van der Waals surface area contributed by atoms with Gasteiger partial charge in [0.1, 0.15) is 10.8 Å². The van der Waals surface area contributed by atoms with E-state index in [4.69, 9.17) is 11.6 Å². The van der Waals surface area contributed by atoms with E-state index in [0.29, 0.717) is 22.9 Å². The number of rotatable bonds is 4. The molecule has 3 aromatic rings. The van der Waals surface area contributed by atoms with E-state index in [1.165, 1.54) is 12.1 Å². The number of hydrogen-bond donors (Lipinski definition) is 1. The van der Waals surface area contributed by atoms with Crippen LogP contribution in [0.1, 0.15) is 21.5 Å². The molecule has 0 atom stereocenters. The van der Waals surface area contributed by atoms with E-state index >= 15 is 0 Å². The highest BCUT2D eigenvalue weighted by Crippen LogP contribution is 2.21. The Morgan fingerprint density at radius 1 is 1.21 bits per heavy atom. The third-order valence-electron chi connectivity index (χ3n) is 3.60. The van der Waals surface area contributed by atoms with E-state index in [1.807, 2.05) is 19.1 Å². The van der Waals surface area contributed by atoms with Gasteiger partial charge in [-0.2, -0.15) is 5.10 Å². The molecule has 0 saturated heterocycles. The summed E-state index contributed by atoms with van der Waals surface area (Å²) < 4.78 is 14.5. The Morgan fingerprint density at radius 2 is 1.92 bits per heavy atom. The van der Waals surface area contributed by atoms with Gasteiger partial charge in [0, 0.05) is 11.8 Å². The minimum absolute atomic E-state index is 0.262. The molecule has 0 bridgehead atoms. The molecule has 1 aromatic heterocycles. The maximum atomic E-state index is 12.9. The van der Waals surface area contributed by atoms with E-state index in [-0.39, 0.29) is 11.7 Å². The second-order valence-electron chi connectivity index (χ2n) is 5.42. The number of aromatic nitrogens is 2. The van der Waals surface area contributed by atoms with Crippen molar-refractivity contribution in [3.05, 3.63) is 82.3 Å². The minimum Gasteiger partial charge on any atom is -0.304 e. The Morgan fingerprint density at radius 3 is 2.62 bits per heavy atom. The van der Waals surface area contributed by atoms with Crippen LogP contribution in [0.3, 0.4) is 0 Å². The van der Waals surface area contributed by atoms with Crippen molar-refractivity contribution in [1.29, 1.82) is 0 Å². The molecule has 0 saturated carbocycles. The van der Waals surface area contributed by atoms with Gasteiger partial charge in [-0.05, 0) is 36.2 Å². The first-order valence-electron chi connectivity index (χ1n) is 7.37. The molecule has 0 aliphatic rings. The number of benzene rings is 2. The van der Waals surface area contributed by atoms with Gasteiger partial charge in [0.25, 0.3) is 5.91 Å². The van der Waals surface area contributed by atoms with Gasteiger partial charge in [-0.25, -0.2) is 4.39 Å². The Balaban J connectivity index is 1.75. The Kier molecular flexibility index (Phi) is 4.62. The SMILES string of the molecule is Cc1ccccc1C(=O)Nc1nn(Cc2ccc(F)cc2)cc1Cl. The first kappa shape index (κ1) is 16.2. The third-order valence-corrected chi connectivity index (χ3v) is 3.87. The molecule has 4 nitrogen and oxygen atoms in total. The molecule has 0 unspecified atom stereocenters. The van der Waals surface area contributed by atoms with Crippen LogP contribution in [0.5, 0.6) is 0 Å². The van der Waals surface area contributed by atoms with E-state index in [2.05, 4.69) is 10.4 Å². The van der Waals surface area contributed by atoms with Crippen molar-refractivity contribution in [3.63, 3.8) is 0 Å². The topological polar surface area (TPSA) is 46.9 Å². The van der Waals surface area contributed by atoms with Crippen molar-refractivity contribution in [2.45, 2.75) is 13.5 Å². The number of hydrogen-bond acceptors (Lipinski definition) is 2. The zero-order valence-corrected chi connectivity index (χ0v) is 13.7. The van der Waals surface area contributed by atoms with Crippen LogP contribution in [0, 0.1) is 12.7 Å². The molecule has 0 radical (unpaired) electrons. The van der Waals surface area contributed by atoms with Gasteiger partial charge in [-0.1, -0.05) is 41.9 Å². The van der Waals surface area contributed by atoms with Gasteiger partial charge in [0.05, 0.1) is 6.54 Å². The average molecular weight is 344 g/mol. The highest BCUT2D eigenvalue weighted by molar-refractivity contribution is 6.33. The zero-order valence-electron chi connectivity index (χ0n) is 13.0. The average Bonchev–Trinajstić information content (AvgIpc) is 2.89. The van der Waals surface area contributed by atoms with Crippen LogP contribution in [0.15, 0.2) is 54.7 Å². The number of aryl methyl sites for hydroxylation is 1. The summed E-state index contributed by atoms with van der Waals surface area (Å²) in [5, 5.41) is 7.35. The quantitative estimate of drug-likeness (QED) is 0.768. The van der Waals surface area contributed by atoms with Crippen molar-refractivity contribution in [2.24, 2.45) is 0 Å². The lowest BCUT2D eigenvalue weighted by molar-refractivity contribution is 0.102. The normalized spacial score (nSPS) is 10.6. The molecular formula is C18H15ClFN3O. The number of anilines is 1. The minimum atomic E-state index is -0.288. The largest absolute Gasteiger partial charge is 0.304 e. The summed E-state index contributed by atoms with van der Waals surface area (Å²) in [6.45, 7) is 2.30. The van der Waals surface area contributed by atoms with Gasteiger partial charge in [-0.15, -0.1) is 0 Å². The molecule has 0 fully saturated rings. The molecule has 6 heteroatoms. The van der Waals surface area contributed by atoms with Crippen molar-refractivity contribution in [1.82, 2.24) is 9.78 Å². The standard InChI is InChI=1S/C18H15ClFN3O/c1-12-4-2-3-5-15(12)18(24)21-17-16(19)11-23(22-17)10-13-6-8-14(20)9-7-13/h2-9,11H,10H2,1H3,(H,21,22,24). The van der Waals surface area contributed by atoms with E-state index < -0.39 is 0 Å². The Hall–Kier alpha value is -2.66. The molecule has 1 heterocycles. The molecule has 0 aliphatic heterocycles. The summed E-state index contributed by atoms with van der Waals surface area (Å²) in [7, 11) is 0. The van der Waals surface area contributed by atoms with Crippen LogP contribution in [0.2, 0.25) is 5.02 Å². The van der Waals surface area contributed by atoms with Crippen LogP contribution in [-0.4, -0.2) is 15.7 Å². The van der Waals surface area contributed by atoms with Crippen LogP contribution in [0.25, 0.3) is 0 Å². The van der Waals surface area contributed by atoms with Gasteiger partial charge in [-0.3, -0.25) is 9.48 Å². The van der Waals surface area contributed by atoms with E-state index in [9.17, 15) is 9.18 Å². The predicted octanol–water partition coefficient (Wildman–Crippen LogP) is 4.28. The van der Waals surface area contributed by atoms with Gasteiger partial charge in [0.15, 0.2) is 5.82 Å². The predicted molar refractivity (Wildman–Crippen MR) is 91.9 cm³/mol. The number of nitrogens with one attached hydrogen (secondary N) is 1. The highest BCUT2D eigenvalue weighted by atomic mass is 35.5. The molecule has 3 rings (SSSR count). The molecule has 0 spiro atoms. The maximum Gasteiger partial charge on any atom is 0.257 e. The van der Waals surface area contributed by atoms with Gasteiger partial charge < -0.3 is 5.32 Å². The fraction of sp³-hybridized carbons (Fsp3) is 0.111. The van der Waals surface area contributed by atoms with Crippen LogP contribution >= 0.6 is 11.6 Å². The summed E-state index contributed by atoms with van der Waals surface area (Å²) >= 11 is 6.15. The van der Waals surface area contributed by atoms with Crippen molar-refractivity contribution < 1.29 is 9.18 Å². The van der Waals surface area contributed by atoms with Crippen molar-refractivity contribution in [2.75, 3.05) is 5.32 Å². The number of amides is 1. The first-order chi connectivity index (χ1) is 11.5. The lowest BCUT2D eigenvalue weighted by Crippen LogP contribution is -2.14.